The molecule has 0 spiro atoms. The van der Waals surface area contributed by atoms with Gasteiger partial charge in [-0.3, -0.25) is 9.69 Å². The summed E-state index contributed by atoms with van der Waals surface area (Å²) >= 11 is 0. The molecule has 0 unspecified atom stereocenters. The molecule has 0 radical (unpaired) electrons. The molecule has 0 aliphatic rings. The Labute approximate surface area is 130 Å². The monoisotopic (exact) mass is 298 g/mol. The van der Waals surface area contributed by atoms with Crippen molar-refractivity contribution < 1.29 is 9.18 Å². The van der Waals surface area contributed by atoms with Crippen molar-refractivity contribution in [1.82, 2.24) is 4.90 Å². The highest BCUT2D eigenvalue weighted by molar-refractivity contribution is 5.92. The molecule has 2 aromatic rings. The van der Waals surface area contributed by atoms with Crippen molar-refractivity contribution in [1.29, 1.82) is 0 Å². The predicted octanol–water partition coefficient (Wildman–Crippen LogP) is 3.45. The Morgan fingerprint density at radius 3 is 2.50 bits per heavy atom. The molecule has 0 atom stereocenters. The van der Waals surface area contributed by atoms with E-state index in [9.17, 15) is 9.18 Å². The van der Waals surface area contributed by atoms with Gasteiger partial charge in [-0.25, -0.2) is 4.39 Å². The Morgan fingerprint density at radius 2 is 1.82 bits per heavy atom. The highest BCUT2D eigenvalue weighted by Crippen LogP contribution is 2.10. The van der Waals surface area contributed by atoms with Gasteiger partial charge in [-0.05, 0) is 18.2 Å². The van der Waals surface area contributed by atoms with Gasteiger partial charge in [0.05, 0.1) is 6.54 Å². The number of hydrogen-bond acceptors (Lipinski definition) is 2. The number of halogens is 1. The molecule has 0 bridgehead atoms. The maximum Gasteiger partial charge on any atom is 0.238 e. The number of nitrogens with one attached hydrogen (secondary N) is 1. The van der Waals surface area contributed by atoms with E-state index in [2.05, 4.69) is 11.9 Å². The van der Waals surface area contributed by atoms with Gasteiger partial charge >= 0.3 is 0 Å². The van der Waals surface area contributed by atoms with E-state index in [0.29, 0.717) is 18.7 Å². The van der Waals surface area contributed by atoms with Crippen LogP contribution in [-0.2, 0) is 11.3 Å². The van der Waals surface area contributed by atoms with E-state index in [-0.39, 0.29) is 18.3 Å². The number of anilines is 1. The fourth-order valence-electron chi connectivity index (χ4n) is 2.16. The van der Waals surface area contributed by atoms with Gasteiger partial charge in [0, 0.05) is 24.3 Å². The number of para-hydroxylation sites is 1. The zero-order chi connectivity index (χ0) is 15.8. The van der Waals surface area contributed by atoms with Crippen molar-refractivity contribution >= 4 is 11.6 Å². The molecule has 3 nitrogen and oxygen atoms in total. The second-order valence-electron chi connectivity index (χ2n) is 4.96. The van der Waals surface area contributed by atoms with Crippen molar-refractivity contribution in [3.8, 4) is 0 Å². The van der Waals surface area contributed by atoms with Crippen molar-refractivity contribution in [3.63, 3.8) is 0 Å². The topological polar surface area (TPSA) is 32.3 Å². The van der Waals surface area contributed by atoms with Crippen LogP contribution in [0.2, 0.25) is 0 Å². The largest absolute Gasteiger partial charge is 0.325 e. The molecular weight excluding hydrogens is 279 g/mol. The number of carbonyl (C=O) groups excluding carboxylic acids is 1. The lowest BCUT2D eigenvalue weighted by atomic mass is 10.2. The van der Waals surface area contributed by atoms with Crippen molar-refractivity contribution in [3.05, 3.63) is 78.6 Å². The van der Waals surface area contributed by atoms with Gasteiger partial charge in [0.1, 0.15) is 5.82 Å². The van der Waals surface area contributed by atoms with Gasteiger partial charge in [-0.1, -0.05) is 42.5 Å². The van der Waals surface area contributed by atoms with Crippen LogP contribution in [0.25, 0.3) is 0 Å². The Hall–Kier alpha value is -2.46. The third-order valence-corrected chi connectivity index (χ3v) is 3.16. The van der Waals surface area contributed by atoms with E-state index in [1.54, 1.807) is 24.3 Å². The zero-order valence-corrected chi connectivity index (χ0v) is 12.3. The van der Waals surface area contributed by atoms with E-state index in [0.717, 1.165) is 5.69 Å². The second kappa shape index (κ2) is 8.10. The molecule has 114 valence electrons. The minimum absolute atomic E-state index is 0.135. The Bertz CT molecular complexity index is 628. The van der Waals surface area contributed by atoms with Gasteiger partial charge in [0.2, 0.25) is 5.91 Å². The van der Waals surface area contributed by atoms with Crippen LogP contribution in [0.3, 0.4) is 0 Å². The van der Waals surface area contributed by atoms with Crippen LogP contribution in [-0.4, -0.2) is 23.9 Å². The number of rotatable bonds is 7. The fraction of sp³-hybridized carbons (Fsp3) is 0.167. The molecule has 0 saturated heterocycles. The van der Waals surface area contributed by atoms with Gasteiger partial charge in [-0.2, -0.15) is 0 Å². The van der Waals surface area contributed by atoms with E-state index < -0.39 is 0 Å². The van der Waals surface area contributed by atoms with Crippen LogP contribution < -0.4 is 5.32 Å². The third-order valence-electron chi connectivity index (χ3n) is 3.16. The molecule has 1 amide bonds. The summed E-state index contributed by atoms with van der Waals surface area (Å²) < 4.78 is 13.7. The first-order chi connectivity index (χ1) is 10.7. The molecular formula is C18H19FN2O. The molecule has 0 aliphatic heterocycles. The molecule has 0 aliphatic carbocycles. The maximum absolute atomic E-state index is 13.7. The van der Waals surface area contributed by atoms with E-state index in [1.165, 1.54) is 6.07 Å². The highest BCUT2D eigenvalue weighted by atomic mass is 19.1. The Morgan fingerprint density at radius 1 is 1.14 bits per heavy atom. The zero-order valence-electron chi connectivity index (χ0n) is 12.3. The van der Waals surface area contributed by atoms with Gasteiger partial charge in [0.15, 0.2) is 0 Å². The molecule has 2 aromatic carbocycles. The predicted molar refractivity (Wildman–Crippen MR) is 86.9 cm³/mol. The van der Waals surface area contributed by atoms with Gasteiger partial charge in [0.25, 0.3) is 0 Å². The number of nitrogens with zero attached hydrogens (tertiary/aromatic N) is 1. The van der Waals surface area contributed by atoms with Crippen molar-refractivity contribution in [2.24, 2.45) is 0 Å². The third kappa shape index (κ3) is 4.82. The van der Waals surface area contributed by atoms with Crippen LogP contribution >= 0.6 is 0 Å². The number of amides is 1. The molecule has 0 fully saturated rings. The molecule has 1 N–H and O–H groups in total. The van der Waals surface area contributed by atoms with E-state index in [1.807, 2.05) is 35.2 Å². The Kier molecular flexibility index (Phi) is 5.86. The first-order valence-electron chi connectivity index (χ1n) is 7.10. The molecule has 4 heteroatoms. The second-order valence-corrected chi connectivity index (χ2v) is 4.96. The molecule has 0 saturated carbocycles. The van der Waals surface area contributed by atoms with Gasteiger partial charge in [-0.15, -0.1) is 6.58 Å². The summed E-state index contributed by atoms with van der Waals surface area (Å²) in [6.07, 6.45) is 1.71. The van der Waals surface area contributed by atoms with Crippen molar-refractivity contribution in [2.45, 2.75) is 6.54 Å². The highest BCUT2D eigenvalue weighted by Gasteiger charge is 2.12. The van der Waals surface area contributed by atoms with Crippen LogP contribution in [0.1, 0.15) is 5.56 Å². The lowest BCUT2D eigenvalue weighted by molar-refractivity contribution is -0.117. The average molecular weight is 298 g/mol. The minimum atomic E-state index is -0.264. The maximum atomic E-state index is 13.7. The van der Waals surface area contributed by atoms with Crippen molar-refractivity contribution in [2.75, 3.05) is 18.4 Å². The lowest BCUT2D eigenvalue weighted by Crippen LogP contribution is -2.33. The average Bonchev–Trinajstić information content (AvgIpc) is 2.50. The summed E-state index contributed by atoms with van der Waals surface area (Å²) in [4.78, 5) is 13.9. The van der Waals surface area contributed by atoms with Crippen LogP contribution in [0, 0.1) is 5.82 Å². The quantitative estimate of drug-likeness (QED) is 0.794. The SMILES string of the molecule is C=CCN(CC(=O)Nc1ccccc1)Cc1ccccc1F. The summed E-state index contributed by atoms with van der Waals surface area (Å²) in [5.74, 6) is -0.399. The van der Waals surface area contributed by atoms with Crippen LogP contribution in [0.4, 0.5) is 10.1 Å². The normalized spacial score (nSPS) is 10.5. The molecule has 0 aromatic heterocycles. The standard InChI is InChI=1S/C18H19FN2O/c1-2-12-21(13-15-8-6-7-11-17(15)19)14-18(22)20-16-9-4-3-5-10-16/h2-11H,1,12-14H2,(H,20,22). The summed E-state index contributed by atoms with van der Waals surface area (Å²) in [6.45, 7) is 4.74. The molecule has 2 rings (SSSR count). The summed E-state index contributed by atoms with van der Waals surface area (Å²) in [7, 11) is 0. The lowest BCUT2D eigenvalue weighted by Gasteiger charge is -2.20. The molecule has 22 heavy (non-hydrogen) atoms. The fourth-order valence-corrected chi connectivity index (χ4v) is 2.16. The summed E-state index contributed by atoms with van der Waals surface area (Å²) in [6, 6.07) is 15.8. The van der Waals surface area contributed by atoms with E-state index in [4.69, 9.17) is 0 Å². The smallest absolute Gasteiger partial charge is 0.238 e. The number of hydrogen-bond donors (Lipinski definition) is 1. The van der Waals surface area contributed by atoms with Gasteiger partial charge < -0.3 is 5.32 Å². The molecule has 0 heterocycles. The van der Waals surface area contributed by atoms with Crippen LogP contribution in [0.5, 0.6) is 0 Å². The summed E-state index contributed by atoms with van der Waals surface area (Å²) in [5, 5.41) is 2.82. The number of carbonyl (C=O) groups is 1. The first-order valence-corrected chi connectivity index (χ1v) is 7.10. The Balaban J connectivity index is 1.98. The summed E-state index contributed by atoms with van der Waals surface area (Å²) in [5.41, 5.74) is 1.31. The number of benzene rings is 2. The van der Waals surface area contributed by atoms with Crippen LogP contribution in [0.15, 0.2) is 67.3 Å². The van der Waals surface area contributed by atoms with E-state index >= 15 is 0 Å². The minimum Gasteiger partial charge on any atom is -0.325 e. The first kappa shape index (κ1) is 15.9.